The topological polar surface area (TPSA) is 67.4 Å². The van der Waals surface area contributed by atoms with Gasteiger partial charge in [0.05, 0.1) is 11.6 Å². The van der Waals surface area contributed by atoms with Crippen LogP contribution in [0.5, 0.6) is 0 Å². The SMILES string of the molecule is CC(C)Cn1nnnc1SCc1ccc(-c2ccccc2C#N)cc1. The van der Waals surface area contributed by atoms with Crippen molar-refractivity contribution < 1.29 is 0 Å². The third kappa shape index (κ3) is 4.25. The van der Waals surface area contributed by atoms with Crippen LogP contribution in [0.15, 0.2) is 53.7 Å². The summed E-state index contributed by atoms with van der Waals surface area (Å²) in [5.41, 5.74) is 3.90. The second kappa shape index (κ2) is 7.95. The van der Waals surface area contributed by atoms with Gasteiger partial charge in [0, 0.05) is 12.3 Å². The summed E-state index contributed by atoms with van der Waals surface area (Å²) in [5, 5.41) is 22.0. The lowest BCUT2D eigenvalue weighted by Crippen LogP contribution is -2.07. The normalized spacial score (nSPS) is 10.8. The summed E-state index contributed by atoms with van der Waals surface area (Å²) >= 11 is 1.63. The highest BCUT2D eigenvalue weighted by Gasteiger charge is 2.09. The number of nitriles is 1. The second-order valence-corrected chi connectivity index (χ2v) is 7.12. The highest BCUT2D eigenvalue weighted by Crippen LogP contribution is 2.26. The van der Waals surface area contributed by atoms with Gasteiger partial charge in [-0.05, 0) is 39.1 Å². The summed E-state index contributed by atoms with van der Waals surface area (Å²) in [6.07, 6.45) is 0. The van der Waals surface area contributed by atoms with E-state index in [9.17, 15) is 5.26 Å². The Labute approximate surface area is 151 Å². The van der Waals surface area contributed by atoms with Crippen molar-refractivity contribution in [2.24, 2.45) is 5.92 Å². The minimum atomic E-state index is 0.502. The van der Waals surface area contributed by atoms with Crippen LogP contribution in [-0.4, -0.2) is 20.2 Å². The monoisotopic (exact) mass is 349 g/mol. The standard InChI is InChI=1S/C19H19N5S/c1-14(2)12-24-19(21-22-23-24)25-13-15-7-9-16(10-8-15)18-6-4-3-5-17(18)11-20/h3-10,14H,12-13H2,1-2H3. The zero-order chi connectivity index (χ0) is 17.6. The Balaban J connectivity index is 1.70. The van der Waals surface area contributed by atoms with E-state index in [0.717, 1.165) is 28.6 Å². The molecule has 0 aliphatic heterocycles. The van der Waals surface area contributed by atoms with Gasteiger partial charge in [-0.2, -0.15) is 5.26 Å². The molecule has 0 spiro atoms. The molecule has 126 valence electrons. The van der Waals surface area contributed by atoms with Crippen LogP contribution < -0.4 is 0 Å². The fraction of sp³-hybridized carbons (Fsp3) is 0.263. The van der Waals surface area contributed by atoms with Gasteiger partial charge in [-0.15, -0.1) is 5.10 Å². The Kier molecular flexibility index (Phi) is 5.46. The number of thioether (sulfide) groups is 1. The van der Waals surface area contributed by atoms with Crippen LogP contribution in [-0.2, 0) is 12.3 Å². The number of rotatable bonds is 6. The Bertz CT molecular complexity index is 877. The van der Waals surface area contributed by atoms with Crippen LogP contribution >= 0.6 is 11.8 Å². The van der Waals surface area contributed by atoms with E-state index < -0.39 is 0 Å². The molecule has 0 bridgehead atoms. The summed E-state index contributed by atoms with van der Waals surface area (Å²) in [6.45, 7) is 5.11. The molecule has 25 heavy (non-hydrogen) atoms. The first-order chi connectivity index (χ1) is 12.2. The van der Waals surface area contributed by atoms with Crippen molar-refractivity contribution in [1.82, 2.24) is 20.2 Å². The van der Waals surface area contributed by atoms with E-state index in [-0.39, 0.29) is 0 Å². The zero-order valence-electron chi connectivity index (χ0n) is 14.3. The molecule has 6 heteroatoms. The lowest BCUT2D eigenvalue weighted by molar-refractivity contribution is 0.446. The Morgan fingerprint density at radius 1 is 1.12 bits per heavy atom. The summed E-state index contributed by atoms with van der Waals surface area (Å²) in [5.74, 6) is 1.31. The Morgan fingerprint density at radius 2 is 1.88 bits per heavy atom. The summed E-state index contributed by atoms with van der Waals surface area (Å²) in [7, 11) is 0. The largest absolute Gasteiger partial charge is 0.220 e. The van der Waals surface area contributed by atoms with Crippen molar-refractivity contribution in [3.8, 4) is 17.2 Å². The van der Waals surface area contributed by atoms with E-state index >= 15 is 0 Å². The molecular weight excluding hydrogens is 330 g/mol. The van der Waals surface area contributed by atoms with Gasteiger partial charge in [0.25, 0.3) is 0 Å². The van der Waals surface area contributed by atoms with E-state index in [1.54, 1.807) is 11.8 Å². The van der Waals surface area contributed by atoms with Crippen molar-refractivity contribution >= 4 is 11.8 Å². The molecule has 1 heterocycles. The predicted molar refractivity (Wildman–Crippen MR) is 98.8 cm³/mol. The Hall–Kier alpha value is -2.65. The number of tetrazole rings is 1. The Morgan fingerprint density at radius 3 is 2.60 bits per heavy atom. The molecule has 0 saturated heterocycles. The fourth-order valence-electron chi connectivity index (χ4n) is 2.52. The first kappa shape index (κ1) is 17.2. The number of hydrogen-bond donors (Lipinski definition) is 0. The van der Waals surface area contributed by atoms with Crippen LogP contribution in [0.2, 0.25) is 0 Å². The van der Waals surface area contributed by atoms with Gasteiger partial charge in [0.2, 0.25) is 5.16 Å². The highest BCUT2D eigenvalue weighted by molar-refractivity contribution is 7.98. The van der Waals surface area contributed by atoms with Gasteiger partial charge in [-0.3, -0.25) is 0 Å². The quantitative estimate of drug-likeness (QED) is 0.625. The third-order valence-electron chi connectivity index (χ3n) is 3.72. The lowest BCUT2D eigenvalue weighted by atomic mass is 10.00. The minimum absolute atomic E-state index is 0.502. The van der Waals surface area contributed by atoms with Gasteiger partial charge in [0.1, 0.15) is 0 Å². The van der Waals surface area contributed by atoms with Gasteiger partial charge >= 0.3 is 0 Å². The lowest BCUT2D eigenvalue weighted by Gasteiger charge is -2.08. The summed E-state index contributed by atoms with van der Waals surface area (Å²) < 4.78 is 1.85. The predicted octanol–water partition coefficient (Wildman–Crippen LogP) is 4.16. The van der Waals surface area contributed by atoms with Crippen molar-refractivity contribution in [1.29, 1.82) is 5.26 Å². The van der Waals surface area contributed by atoms with Crippen molar-refractivity contribution in [3.63, 3.8) is 0 Å². The first-order valence-corrected chi connectivity index (χ1v) is 9.13. The molecule has 0 saturated carbocycles. The molecule has 1 aromatic heterocycles. The van der Waals surface area contributed by atoms with Crippen LogP contribution in [0.25, 0.3) is 11.1 Å². The van der Waals surface area contributed by atoms with Crippen molar-refractivity contribution in [2.75, 3.05) is 0 Å². The van der Waals surface area contributed by atoms with Crippen molar-refractivity contribution in [2.45, 2.75) is 31.3 Å². The second-order valence-electron chi connectivity index (χ2n) is 6.18. The first-order valence-electron chi connectivity index (χ1n) is 8.15. The van der Waals surface area contributed by atoms with E-state index in [1.807, 2.05) is 28.9 Å². The van der Waals surface area contributed by atoms with E-state index in [2.05, 4.69) is 59.7 Å². The molecule has 3 rings (SSSR count). The summed E-state index contributed by atoms with van der Waals surface area (Å²) in [6, 6.07) is 18.2. The van der Waals surface area contributed by atoms with Crippen molar-refractivity contribution in [3.05, 3.63) is 59.7 Å². The molecule has 0 aliphatic carbocycles. The minimum Gasteiger partial charge on any atom is -0.220 e. The van der Waals surface area contributed by atoms with E-state index in [0.29, 0.717) is 11.5 Å². The number of hydrogen-bond acceptors (Lipinski definition) is 5. The van der Waals surface area contributed by atoms with Gasteiger partial charge in [-0.25, -0.2) is 4.68 Å². The average Bonchev–Trinajstić information content (AvgIpc) is 3.06. The van der Waals surface area contributed by atoms with E-state index in [4.69, 9.17) is 0 Å². The van der Waals surface area contributed by atoms with Crippen LogP contribution in [0.3, 0.4) is 0 Å². The molecule has 2 aromatic carbocycles. The molecule has 0 amide bonds. The van der Waals surface area contributed by atoms with Crippen LogP contribution in [0.4, 0.5) is 0 Å². The molecular formula is C19H19N5S. The van der Waals surface area contributed by atoms with Crippen LogP contribution in [0.1, 0.15) is 25.0 Å². The maximum atomic E-state index is 9.24. The smallest absolute Gasteiger partial charge is 0.209 e. The zero-order valence-corrected chi connectivity index (χ0v) is 15.1. The fourth-order valence-corrected chi connectivity index (χ4v) is 3.36. The molecule has 0 radical (unpaired) electrons. The molecule has 0 aliphatic rings. The van der Waals surface area contributed by atoms with Gasteiger partial charge in [-0.1, -0.05) is 68.1 Å². The number of aromatic nitrogens is 4. The molecule has 5 nitrogen and oxygen atoms in total. The maximum absolute atomic E-state index is 9.24. The molecule has 0 atom stereocenters. The molecule has 0 N–H and O–H groups in total. The van der Waals surface area contributed by atoms with E-state index in [1.165, 1.54) is 5.56 Å². The van der Waals surface area contributed by atoms with Gasteiger partial charge in [0.15, 0.2) is 0 Å². The maximum Gasteiger partial charge on any atom is 0.209 e. The molecule has 3 aromatic rings. The number of nitrogens with zero attached hydrogens (tertiary/aromatic N) is 5. The summed E-state index contributed by atoms with van der Waals surface area (Å²) in [4.78, 5) is 0. The number of benzene rings is 2. The molecule has 0 unspecified atom stereocenters. The highest BCUT2D eigenvalue weighted by atomic mass is 32.2. The third-order valence-corrected chi connectivity index (χ3v) is 4.75. The van der Waals surface area contributed by atoms with Gasteiger partial charge < -0.3 is 0 Å². The molecule has 0 fully saturated rings. The van der Waals surface area contributed by atoms with Crippen LogP contribution in [0, 0.1) is 17.2 Å². The average molecular weight is 349 g/mol.